The third-order valence-corrected chi connectivity index (χ3v) is 2.94. The van der Waals surface area contributed by atoms with Crippen LogP contribution in [0.4, 0.5) is 0 Å². The summed E-state index contributed by atoms with van der Waals surface area (Å²) in [6, 6.07) is 6.02. The van der Waals surface area contributed by atoms with Crippen LogP contribution in [0, 0.1) is 0 Å². The Hall–Kier alpha value is -1.45. The normalized spacial score (nSPS) is 10.2. The first-order valence-corrected chi connectivity index (χ1v) is 5.37. The predicted octanol–water partition coefficient (Wildman–Crippen LogP) is 3.78. The van der Waals surface area contributed by atoms with Crippen molar-refractivity contribution >= 4 is 26.8 Å². The van der Waals surface area contributed by atoms with E-state index in [4.69, 9.17) is 5.53 Å². The molecule has 5 heteroatoms. The van der Waals surface area contributed by atoms with E-state index >= 15 is 0 Å². The molecule has 0 saturated heterocycles. The molecule has 0 bridgehead atoms. The number of nitrogens with zero attached hydrogens (tertiary/aromatic N) is 3. The van der Waals surface area contributed by atoms with Crippen LogP contribution in [-0.4, -0.2) is 11.5 Å². The number of H-pyrrole nitrogens is 1. The molecule has 4 nitrogen and oxygen atoms in total. The molecule has 1 aromatic heterocycles. The van der Waals surface area contributed by atoms with E-state index in [1.807, 2.05) is 24.4 Å². The van der Waals surface area contributed by atoms with Gasteiger partial charge in [0.2, 0.25) is 0 Å². The minimum atomic E-state index is 0.491. The number of rotatable bonds is 3. The highest BCUT2D eigenvalue weighted by Crippen LogP contribution is 2.27. The van der Waals surface area contributed by atoms with E-state index in [-0.39, 0.29) is 0 Å². The highest BCUT2D eigenvalue weighted by Gasteiger charge is 2.05. The van der Waals surface area contributed by atoms with Crippen molar-refractivity contribution in [3.63, 3.8) is 0 Å². The lowest BCUT2D eigenvalue weighted by atomic mass is 10.1. The number of fused-ring (bicyclic) bond motifs is 1. The molecule has 2 aromatic rings. The van der Waals surface area contributed by atoms with E-state index < -0.39 is 0 Å². The van der Waals surface area contributed by atoms with Crippen LogP contribution in [0.5, 0.6) is 0 Å². The molecule has 0 aliphatic rings. The summed E-state index contributed by atoms with van der Waals surface area (Å²) in [7, 11) is 0. The summed E-state index contributed by atoms with van der Waals surface area (Å²) in [6.45, 7) is 0.491. The predicted molar refractivity (Wildman–Crippen MR) is 63.7 cm³/mol. The lowest BCUT2D eigenvalue weighted by Gasteiger charge is -1.98. The van der Waals surface area contributed by atoms with E-state index in [9.17, 15) is 0 Å². The molecule has 0 radical (unpaired) electrons. The first kappa shape index (κ1) is 10.1. The third-order valence-electron chi connectivity index (χ3n) is 2.28. The molecule has 2 rings (SSSR count). The SMILES string of the molecule is [N-]=[N+]=NCCc1c[nH]c2cccc(Br)c12. The zero-order valence-electron chi connectivity index (χ0n) is 7.94. The van der Waals surface area contributed by atoms with E-state index in [2.05, 4.69) is 30.9 Å². The Balaban J connectivity index is 2.39. The zero-order valence-corrected chi connectivity index (χ0v) is 9.53. The maximum absolute atomic E-state index is 8.20. The smallest absolute Gasteiger partial charge is 0.0468 e. The number of halogens is 1. The van der Waals surface area contributed by atoms with Crippen molar-refractivity contribution in [1.29, 1.82) is 0 Å². The summed E-state index contributed by atoms with van der Waals surface area (Å²) in [4.78, 5) is 5.93. The largest absolute Gasteiger partial charge is 0.361 e. The second-order valence-electron chi connectivity index (χ2n) is 3.18. The van der Waals surface area contributed by atoms with Crippen molar-refractivity contribution in [2.75, 3.05) is 6.54 Å². The molecule has 1 N–H and O–H groups in total. The fraction of sp³-hybridized carbons (Fsp3) is 0.200. The number of aromatic nitrogens is 1. The molecule has 1 heterocycles. The van der Waals surface area contributed by atoms with Gasteiger partial charge in [-0.05, 0) is 29.6 Å². The highest BCUT2D eigenvalue weighted by molar-refractivity contribution is 9.10. The quantitative estimate of drug-likeness (QED) is 0.498. The van der Waals surface area contributed by atoms with Gasteiger partial charge < -0.3 is 4.98 Å². The molecule has 76 valence electrons. The van der Waals surface area contributed by atoms with E-state index in [0.717, 1.165) is 16.4 Å². The van der Waals surface area contributed by atoms with Gasteiger partial charge in [0.1, 0.15) is 0 Å². The van der Waals surface area contributed by atoms with Crippen LogP contribution in [0.2, 0.25) is 0 Å². The second kappa shape index (κ2) is 4.38. The van der Waals surface area contributed by atoms with Crippen molar-refractivity contribution < 1.29 is 0 Å². The number of nitrogens with one attached hydrogen (secondary N) is 1. The minimum Gasteiger partial charge on any atom is -0.361 e. The first-order chi connectivity index (χ1) is 7.33. The van der Waals surface area contributed by atoms with E-state index in [1.54, 1.807) is 0 Å². The molecule has 0 aliphatic heterocycles. The van der Waals surface area contributed by atoms with Gasteiger partial charge in [0, 0.05) is 33.0 Å². The van der Waals surface area contributed by atoms with Crippen LogP contribution < -0.4 is 0 Å². The lowest BCUT2D eigenvalue weighted by Crippen LogP contribution is -1.86. The van der Waals surface area contributed by atoms with Crippen LogP contribution in [0.15, 0.2) is 34.0 Å². The fourth-order valence-corrected chi connectivity index (χ4v) is 2.24. The lowest BCUT2D eigenvalue weighted by molar-refractivity contribution is 0.963. The Labute approximate surface area is 95.1 Å². The van der Waals surface area contributed by atoms with Crippen LogP contribution in [-0.2, 0) is 6.42 Å². The maximum Gasteiger partial charge on any atom is 0.0468 e. The van der Waals surface area contributed by atoms with Gasteiger partial charge in [-0.25, -0.2) is 0 Å². The fourth-order valence-electron chi connectivity index (χ4n) is 1.62. The number of benzene rings is 1. The van der Waals surface area contributed by atoms with Crippen molar-refractivity contribution in [1.82, 2.24) is 4.98 Å². The molecule has 0 atom stereocenters. The number of azide groups is 1. The summed E-state index contributed by atoms with van der Waals surface area (Å²) in [5, 5.41) is 4.71. The third kappa shape index (κ3) is 1.98. The summed E-state index contributed by atoms with van der Waals surface area (Å²) in [5.41, 5.74) is 10.5. The Kier molecular flexibility index (Phi) is 2.94. The Morgan fingerprint density at radius 2 is 2.33 bits per heavy atom. The van der Waals surface area contributed by atoms with Gasteiger partial charge in [-0.15, -0.1) is 0 Å². The van der Waals surface area contributed by atoms with Crippen molar-refractivity contribution in [2.24, 2.45) is 5.11 Å². The van der Waals surface area contributed by atoms with Crippen LogP contribution in [0.1, 0.15) is 5.56 Å². The second-order valence-corrected chi connectivity index (χ2v) is 4.04. The van der Waals surface area contributed by atoms with Gasteiger partial charge in [0.15, 0.2) is 0 Å². The molecule has 0 aliphatic carbocycles. The van der Waals surface area contributed by atoms with Crippen molar-refractivity contribution in [3.8, 4) is 0 Å². The molecule has 0 unspecified atom stereocenters. The number of hydrogen-bond acceptors (Lipinski definition) is 1. The van der Waals surface area contributed by atoms with Crippen LogP contribution in [0.3, 0.4) is 0 Å². The standard InChI is InChI=1S/C10H9BrN4/c11-8-2-1-3-9-10(8)7(6-13-9)4-5-14-15-12/h1-3,6,13H,4-5H2. The summed E-state index contributed by atoms with van der Waals surface area (Å²) < 4.78 is 1.07. The van der Waals surface area contributed by atoms with Crippen LogP contribution >= 0.6 is 15.9 Å². The summed E-state index contributed by atoms with van der Waals surface area (Å²) >= 11 is 3.51. The van der Waals surface area contributed by atoms with Crippen LogP contribution in [0.25, 0.3) is 21.3 Å². The average molecular weight is 265 g/mol. The zero-order chi connectivity index (χ0) is 10.7. The van der Waals surface area contributed by atoms with E-state index in [0.29, 0.717) is 6.54 Å². The van der Waals surface area contributed by atoms with Crippen molar-refractivity contribution in [2.45, 2.75) is 6.42 Å². The summed E-state index contributed by atoms with van der Waals surface area (Å²) in [5.74, 6) is 0. The summed E-state index contributed by atoms with van der Waals surface area (Å²) in [6.07, 6.45) is 2.72. The molecular weight excluding hydrogens is 256 g/mol. The highest BCUT2D eigenvalue weighted by atomic mass is 79.9. The van der Waals surface area contributed by atoms with Gasteiger partial charge in [-0.2, -0.15) is 0 Å². The average Bonchev–Trinajstić information content (AvgIpc) is 2.63. The Morgan fingerprint density at radius 1 is 1.47 bits per heavy atom. The molecule has 15 heavy (non-hydrogen) atoms. The number of aromatic amines is 1. The first-order valence-electron chi connectivity index (χ1n) is 4.58. The van der Waals surface area contributed by atoms with Gasteiger partial charge in [0.05, 0.1) is 0 Å². The van der Waals surface area contributed by atoms with Crippen molar-refractivity contribution in [3.05, 3.63) is 44.9 Å². The molecular formula is C10H9BrN4. The molecule has 1 aromatic carbocycles. The molecule has 0 fully saturated rings. The van der Waals surface area contributed by atoms with Gasteiger partial charge in [0.25, 0.3) is 0 Å². The maximum atomic E-state index is 8.20. The topological polar surface area (TPSA) is 64.6 Å². The molecule has 0 spiro atoms. The Morgan fingerprint density at radius 3 is 3.13 bits per heavy atom. The minimum absolute atomic E-state index is 0.491. The molecule has 0 amide bonds. The van der Waals surface area contributed by atoms with Gasteiger partial charge in [-0.1, -0.05) is 27.1 Å². The molecule has 0 saturated carbocycles. The van der Waals surface area contributed by atoms with E-state index in [1.165, 1.54) is 10.9 Å². The Bertz CT molecular complexity index is 525. The number of hydrogen-bond donors (Lipinski definition) is 1. The van der Waals surface area contributed by atoms with Gasteiger partial charge >= 0.3 is 0 Å². The monoisotopic (exact) mass is 264 g/mol. The van der Waals surface area contributed by atoms with Gasteiger partial charge in [-0.3, -0.25) is 0 Å².